The summed E-state index contributed by atoms with van der Waals surface area (Å²) in [5.41, 5.74) is 5.26. The molecule has 0 radical (unpaired) electrons. The molecule has 0 bridgehead atoms. The second-order valence-electron chi connectivity index (χ2n) is 3.82. The van der Waals surface area contributed by atoms with E-state index in [0.29, 0.717) is 5.69 Å². The highest BCUT2D eigenvalue weighted by molar-refractivity contribution is 5.67. The molecule has 78 valence electrons. The van der Waals surface area contributed by atoms with Gasteiger partial charge in [-0.2, -0.15) is 0 Å². The van der Waals surface area contributed by atoms with Crippen molar-refractivity contribution in [1.29, 1.82) is 0 Å². The smallest absolute Gasteiger partial charge is 0.113 e. The standard InChI is InChI=1S/C15H13N/c1-4-13-9-6-10-14(16-13)15-11(2)7-5-8-12(15)3/h1,5-10H,2-3H3. The van der Waals surface area contributed by atoms with Gasteiger partial charge in [-0.1, -0.05) is 30.2 Å². The minimum absolute atomic E-state index is 0.681. The lowest BCUT2D eigenvalue weighted by molar-refractivity contribution is 1.26. The van der Waals surface area contributed by atoms with Crippen LogP contribution >= 0.6 is 0 Å². The molecule has 0 amide bonds. The molecule has 0 spiro atoms. The maximum atomic E-state index is 5.36. The Morgan fingerprint density at radius 1 is 1.00 bits per heavy atom. The molecule has 0 aliphatic rings. The van der Waals surface area contributed by atoms with Crippen LogP contribution in [0.5, 0.6) is 0 Å². The van der Waals surface area contributed by atoms with Gasteiger partial charge >= 0.3 is 0 Å². The Kier molecular flexibility index (Phi) is 2.74. The van der Waals surface area contributed by atoms with Gasteiger partial charge in [0.2, 0.25) is 0 Å². The maximum Gasteiger partial charge on any atom is 0.113 e. The zero-order chi connectivity index (χ0) is 11.5. The van der Waals surface area contributed by atoms with Crippen LogP contribution in [0.1, 0.15) is 16.8 Å². The van der Waals surface area contributed by atoms with Gasteiger partial charge in [0, 0.05) is 5.56 Å². The summed E-state index contributed by atoms with van der Waals surface area (Å²) in [4.78, 5) is 4.45. The lowest BCUT2D eigenvalue weighted by Gasteiger charge is -2.08. The van der Waals surface area contributed by atoms with Gasteiger partial charge in [0.05, 0.1) is 5.69 Å². The van der Waals surface area contributed by atoms with E-state index in [9.17, 15) is 0 Å². The van der Waals surface area contributed by atoms with E-state index in [2.05, 4.69) is 43.0 Å². The molecule has 1 heteroatoms. The SMILES string of the molecule is C#Cc1cccc(-c2c(C)cccc2C)n1. The van der Waals surface area contributed by atoms with Crippen molar-refractivity contribution in [2.75, 3.05) is 0 Å². The summed E-state index contributed by atoms with van der Waals surface area (Å²) in [6, 6.07) is 12.0. The number of rotatable bonds is 1. The molecule has 1 aromatic carbocycles. The fraction of sp³-hybridized carbons (Fsp3) is 0.133. The first kappa shape index (κ1) is 10.4. The van der Waals surface area contributed by atoms with Gasteiger partial charge in [-0.15, -0.1) is 6.42 Å². The summed E-state index contributed by atoms with van der Waals surface area (Å²) < 4.78 is 0. The Balaban J connectivity index is 2.64. The summed E-state index contributed by atoms with van der Waals surface area (Å²) in [6.07, 6.45) is 5.36. The van der Waals surface area contributed by atoms with Crippen molar-refractivity contribution in [3.63, 3.8) is 0 Å². The molecule has 0 saturated carbocycles. The van der Waals surface area contributed by atoms with E-state index in [1.54, 1.807) is 0 Å². The van der Waals surface area contributed by atoms with Crippen molar-refractivity contribution in [3.05, 3.63) is 53.2 Å². The van der Waals surface area contributed by atoms with Gasteiger partial charge in [-0.25, -0.2) is 4.98 Å². The highest BCUT2D eigenvalue weighted by Gasteiger charge is 2.06. The van der Waals surface area contributed by atoms with Gasteiger partial charge in [-0.3, -0.25) is 0 Å². The van der Waals surface area contributed by atoms with Gasteiger partial charge in [0.25, 0.3) is 0 Å². The summed E-state index contributed by atoms with van der Waals surface area (Å²) in [6.45, 7) is 4.18. The van der Waals surface area contributed by atoms with Gasteiger partial charge in [0.1, 0.15) is 5.69 Å². The van der Waals surface area contributed by atoms with E-state index in [4.69, 9.17) is 6.42 Å². The molecular weight excluding hydrogens is 194 g/mol. The number of pyridine rings is 1. The van der Waals surface area contributed by atoms with Crippen LogP contribution in [0.3, 0.4) is 0 Å². The number of hydrogen-bond acceptors (Lipinski definition) is 1. The topological polar surface area (TPSA) is 12.9 Å². The first-order valence-electron chi connectivity index (χ1n) is 5.22. The van der Waals surface area contributed by atoms with Crippen molar-refractivity contribution in [2.45, 2.75) is 13.8 Å². The predicted molar refractivity (Wildman–Crippen MR) is 67.1 cm³/mol. The van der Waals surface area contributed by atoms with Crippen molar-refractivity contribution in [2.24, 2.45) is 0 Å². The van der Waals surface area contributed by atoms with Crippen LogP contribution in [0.2, 0.25) is 0 Å². The summed E-state index contributed by atoms with van der Waals surface area (Å²) in [5.74, 6) is 2.56. The third kappa shape index (κ3) is 1.83. The zero-order valence-corrected chi connectivity index (χ0v) is 9.49. The van der Waals surface area contributed by atoms with Crippen molar-refractivity contribution in [1.82, 2.24) is 4.98 Å². The molecule has 1 aromatic heterocycles. The number of aromatic nitrogens is 1. The normalized spacial score (nSPS) is 9.81. The fourth-order valence-electron chi connectivity index (χ4n) is 1.87. The van der Waals surface area contributed by atoms with Gasteiger partial charge in [0.15, 0.2) is 0 Å². The molecule has 0 unspecified atom stereocenters. The van der Waals surface area contributed by atoms with Gasteiger partial charge in [-0.05, 0) is 37.1 Å². The second-order valence-corrected chi connectivity index (χ2v) is 3.82. The van der Waals surface area contributed by atoms with Crippen LogP contribution in [0, 0.1) is 26.2 Å². The fourth-order valence-corrected chi connectivity index (χ4v) is 1.87. The third-order valence-corrected chi connectivity index (χ3v) is 2.63. The first-order valence-corrected chi connectivity index (χ1v) is 5.22. The third-order valence-electron chi connectivity index (χ3n) is 2.63. The maximum absolute atomic E-state index is 5.36. The van der Waals surface area contributed by atoms with E-state index in [-0.39, 0.29) is 0 Å². The van der Waals surface area contributed by atoms with E-state index in [1.807, 2.05) is 18.2 Å². The van der Waals surface area contributed by atoms with Crippen LogP contribution in [0.15, 0.2) is 36.4 Å². The number of nitrogens with zero attached hydrogens (tertiary/aromatic N) is 1. The Morgan fingerprint density at radius 3 is 2.25 bits per heavy atom. The average molecular weight is 207 g/mol. The van der Waals surface area contributed by atoms with E-state index in [0.717, 1.165) is 5.69 Å². The van der Waals surface area contributed by atoms with Crippen molar-refractivity contribution in [3.8, 4) is 23.6 Å². The average Bonchev–Trinajstić information content (AvgIpc) is 2.29. The van der Waals surface area contributed by atoms with Crippen molar-refractivity contribution < 1.29 is 0 Å². The van der Waals surface area contributed by atoms with E-state index < -0.39 is 0 Å². The van der Waals surface area contributed by atoms with Crippen LogP contribution < -0.4 is 0 Å². The minimum Gasteiger partial charge on any atom is -0.239 e. The molecule has 2 rings (SSSR count). The lowest BCUT2D eigenvalue weighted by Crippen LogP contribution is -1.92. The lowest BCUT2D eigenvalue weighted by atomic mass is 9.99. The summed E-state index contributed by atoms with van der Waals surface area (Å²) in [7, 11) is 0. The van der Waals surface area contributed by atoms with Crippen LogP contribution in [-0.2, 0) is 0 Å². The largest absolute Gasteiger partial charge is 0.239 e. The number of terminal acetylenes is 1. The Hall–Kier alpha value is -2.07. The molecule has 1 heterocycles. The summed E-state index contributed by atoms with van der Waals surface area (Å²) >= 11 is 0. The number of hydrogen-bond donors (Lipinski definition) is 0. The van der Waals surface area contributed by atoms with E-state index in [1.165, 1.54) is 16.7 Å². The highest BCUT2D eigenvalue weighted by Crippen LogP contribution is 2.25. The monoisotopic (exact) mass is 207 g/mol. The van der Waals surface area contributed by atoms with Crippen LogP contribution in [-0.4, -0.2) is 4.98 Å². The van der Waals surface area contributed by atoms with Gasteiger partial charge < -0.3 is 0 Å². The predicted octanol–water partition coefficient (Wildman–Crippen LogP) is 3.35. The second kappa shape index (κ2) is 4.20. The van der Waals surface area contributed by atoms with Crippen molar-refractivity contribution >= 4 is 0 Å². The highest BCUT2D eigenvalue weighted by atomic mass is 14.7. The molecular formula is C15H13N. The number of aryl methyl sites for hydroxylation is 2. The molecule has 0 atom stereocenters. The van der Waals surface area contributed by atoms with Crippen LogP contribution in [0.25, 0.3) is 11.3 Å². The molecule has 0 fully saturated rings. The summed E-state index contributed by atoms with van der Waals surface area (Å²) in [5, 5.41) is 0. The molecule has 0 aliphatic heterocycles. The Bertz CT molecular complexity index is 542. The molecule has 0 N–H and O–H groups in total. The molecule has 1 nitrogen and oxygen atoms in total. The Labute approximate surface area is 96.2 Å². The minimum atomic E-state index is 0.681. The Morgan fingerprint density at radius 2 is 1.62 bits per heavy atom. The quantitative estimate of drug-likeness (QED) is 0.653. The molecule has 16 heavy (non-hydrogen) atoms. The molecule has 2 aromatic rings. The molecule has 0 aliphatic carbocycles. The number of benzene rings is 1. The van der Waals surface area contributed by atoms with E-state index >= 15 is 0 Å². The van der Waals surface area contributed by atoms with Crippen LogP contribution in [0.4, 0.5) is 0 Å². The molecule has 0 saturated heterocycles. The first-order chi connectivity index (χ1) is 7.72. The zero-order valence-electron chi connectivity index (χ0n) is 9.49.